The van der Waals surface area contributed by atoms with Gasteiger partial charge in [0.15, 0.2) is 5.78 Å². The van der Waals surface area contributed by atoms with Crippen molar-refractivity contribution in [3.8, 4) is 0 Å². The molecule has 0 aliphatic carbocycles. The molecule has 1 aromatic carbocycles. The zero-order valence-corrected chi connectivity index (χ0v) is 19.4. The number of amides is 1. The van der Waals surface area contributed by atoms with Crippen molar-refractivity contribution >= 4 is 42.5 Å². The Morgan fingerprint density at radius 1 is 1.24 bits per heavy atom. The van der Waals surface area contributed by atoms with Crippen molar-refractivity contribution in [3.63, 3.8) is 0 Å². The van der Waals surface area contributed by atoms with Crippen LogP contribution in [0.25, 0.3) is 0 Å². The number of fused-ring (bicyclic) bond motifs is 1. The molecule has 11 heteroatoms. The maximum atomic E-state index is 13.3. The van der Waals surface area contributed by atoms with Gasteiger partial charge in [0.1, 0.15) is 5.69 Å². The first kappa shape index (κ1) is 24.8. The number of hydrogen-bond acceptors (Lipinski definition) is 4. The Kier molecular flexibility index (Phi) is 6.90. The quantitative estimate of drug-likeness (QED) is 0.476. The Hall–Kier alpha value is -2.85. The minimum atomic E-state index is -4.59. The highest BCUT2D eigenvalue weighted by atomic mass is 35.5. The average molecular weight is 497 g/mol. The first-order valence-electron chi connectivity index (χ1n) is 9.76. The normalized spacial score (nSPS) is 15.8. The van der Waals surface area contributed by atoms with Gasteiger partial charge in [-0.1, -0.05) is 11.6 Å². The van der Waals surface area contributed by atoms with Crippen LogP contribution in [0.2, 0.25) is 5.02 Å². The lowest BCUT2D eigenvalue weighted by molar-refractivity contribution is -0.137. The third kappa shape index (κ3) is 4.63. The summed E-state index contributed by atoms with van der Waals surface area (Å²) in [6.45, 7) is 3.83. The van der Waals surface area contributed by atoms with Crippen LogP contribution in [0.1, 0.15) is 50.5 Å². The van der Waals surface area contributed by atoms with Gasteiger partial charge in [0.2, 0.25) is 0 Å². The van der Waals surface area contributed by atoms with Crippen LogP contribution in [0.4, 0.5) is 18.9 Å². The van der Waals surface area contributed by atoms with Crippen molar-refractivity contribution in [3.05, 3.63) is 75.8 Å². The maximum absolute atomic E-state index is 13.3. The van der Waals surface area contributed by atoms with E-state index < -0.39 is 22.7 Å². The van der Waals surface area contributed by atoms with Gasteiger partial charge in [-0.3, -0.25) is 19.3 Å². The van der Waals surface area contributed by atoms with Crippen LogP contribution in [-0.2, 0) is 12.6 Å². The average Bonchev–Trinajstić information content (AvgIpc) is 3.14. The third-order valence-electron chi connectivity index (χ3n) is 5.44. The summed E-state index contributed by atoms with van der Waals surface area (Å²) in [5.74, 6) is -0.663. The topological polar surface area (TPSA) is 68.1 Å². The molecule has 0 N–H and O–H groups in total. The molecule has 1 aliphatic heterocycles. The molecule has 33 heavy (non-hydrogen) atoms. The van der Waals surface area contributed by atoms with Gasteiger partial charge in [-0.25, -0.2) is 0 Å². The summed E-state index contributed by atoms with van der Waals surface area (Å²) in [6, 6.07) is 4.67. The molecule has 174 valence electrons. The second-order valence-corrected chi connectivity index (χ2v) is 8.09. The lowest BCUT2D eigenvalue weighted by Crippen LogP contribution is -2.43. The number of ketones is 1. The lowest BCUT2D eigenvalue weighted by Gasteiger charge is -2.32. The summed E-state index contributed by atoms with van der Waals surface area (Å²) in [7, 11) is 0. The van der Waals surface area contributed by atoms with Gasteiger partial charge in [-0.05, 0) is 43.7 Å². The van der Waals surface area contributed by atoms with Gasteiger partial charge in [0.25, 0.3) is 5.91 Å². The van der Waals surface area contributed by atoms with Gasteiger partial charge < -0.3 is 4.90 Å². The number of aryl methyl sites for hydroxylation is 1. The fourth-order valence-corrected chi connectivity index (χ4v) is 4.08. The summed E-state index contributed by atoms with van der Waals surface area (Å²) in [5, 5.41) is 3.79. The Labute approximate surface area is 199 Å². The highest BCUT2D eigenvalue weighted by molar-refractivity contribution is 7.59. The van der Waals surface area contributed by atoms with Crippen molar-refractivity contribution in [2.45, 2.75) is 32.5 Å². The van der Waals surface area contributed by atoms with Crippen LogP contribution >= 0.6 is 25.1 Å². The number of rotatable bonds is 4. The van der Waals surface area contributed by atoms with E-state index in [4.69, 9.17) is 11.6 Å². The van der Waals surface area contributed by atoms with Crippen molar-refractivity contribution < 1.29 is 22.8 Å². The fourth-order valence-electron chi connectivity index (χ4n) is 3.80. The number of anilines is 1. The fraction of sp³-hybridized carbons (Fsp3) is 0.273. The SMILES string of the molecule is Cc1ccncc1C(=O)Cc1cnn2c1C(=O)N(c1ccc(C(F)(F)F)c(Cl)c1)C[C@@H]2C.S. The molecule has 0 unspecified atom stereocenters. The van der Waals surface area contributed by atoms with E-state index in [1.165, 1.54) is 23.4 Å². The van der Waals surface area contributed by atoms with Crippen LogP contribution in [0, 0.1) is 6.92 Å². The number of hydrogen-bond donors (Lipinski definition) is 0. The van der Waals surface area contributed by atoms with E-state index in [-0.39, 0.29) is 49.7 Å². The molecular weight excluding hydrogens is 477 g/mol. The summed E-state index contributed by atoms with van der Waals surface area (Å²) in [6.07, 6.45) is -0.0926. The predicted molar refractivity (Wildman–Crippen MR) is 122 cm³/mol. The lowest BCUT2D eigenvalue weighted by atomic mass is 10.00. The maximum Gasteiger partial charge on any atom is 0.417 e. The molecular formula is C22H20ClF3N4O2S. The summed E-state index contributed by atoms with van der Waals surface area (Å²) < 4.78 is 40.7. The molecule has 4 rings (SSSR count). The number of aromatic nitrogens is 3. The smallest absolute Gasteiger partial charge is 0.305 e. The number of benzene rings is 1. The second-order valence-electron chi connectivity index (χ2n) is 7.68. The van der Waals surface area contributed by atoms with Gasteiger partial charge >= 0.3 is 6.18 Å². The molecule has 0 saturated heterocycles. The van der Waals surface area contributed by atoms with Crippen LogP contribution < -0.4 is 4.90 Å². The molecule has 3 heterocycles. The van der Waals surface area contributed by atoms with E-state index in [1.54, 1.807) is 23.9 Å². The minimum absolute atomic E-state index is 0. The third-order valence-corrected chi connectivity index (χ3v) is 5.76. The van der Waals surface area contributed by atoms with Crippen LogP contribution in [0.3, 0.4) is 0 Å². The number of nitrogens with zero attached hydrogens (tertiary/aromatic N) is 4. The molecule has 6 nitrogen and oxygen atoms in total. The Morgan fingerprint density at radius 2 is 1.97 bits per heavy atom. The number of carbonyl (C=O) groups excluding carboxylic acids is 2. The van der Waals surface area contributed by atoms with Crippen molar-refractivity contribution in [2.24, 2.45) is 0 Å². The summed E-state index contributed by atoms with van der Waals surface area (Å²) in [4.78, 5) is 31.5. The van der Waals surface area contributed by atoms with Crippen molar-refractivity contribution in [1.29, 1.82) is 0 Å². The van der Waals surface area contributed by atoms with Gasteiger partial charge in [0, 0.05) is 42.2 Å². The van der Waals surface area contributed by atoms with E-state index in [0.29, 0.717) is 11.1 Å². The number of Topliss-reactive ketones (excluding diaryl/α,β-unsaturated/α-hetero) is 1. The van der Waals surface area contributed by atoms with E-state index >= 15 is 0 Å². The van der Waals surface area contributed by atoms with E-state index in [0.717, 1.165) is 17.7 Å². The van der Waals surface area contributed by atoms with Crippen LogP contribution in [0.15, 0.2) is 42.9 Å². The molecule has 0 fully saturated rings. The molecule has 0 spiro atoms. The standard InChI is InChI=1S/C22H18ClF3N4O2.H2S/c1-12-5-6-27-10-16(12)19(31)7-14-9-28-30-13(2)11-29(21(32)20(14)30)15-3-4-17(18(23)8-15)22(24,25)26;/h3-6,8-10,13H,7,11H2,1-2H3;1H2/t13-;/m0./s1. The Bertz CT molecular complexity index is 1230. The molecule has 0 bridgehead atoms. The number of carbonyl (C=O) groups is 2. The first-order valence-corrected chi connectivity index (χ1v) is 10.1. The molecule has 0 saturated carbocycles. The Morgan fingerprint density at radius 3 is 2.61 bits per heavy atom. The molecule has 0 radical (unpaired) electrons. The predicted octanol–water partition coefficient (Wildman–Crippen LogP) is 5.02. The highest BCUT2D eigenvalue weighted by Crippen LogP contribution is 2.38. The molecule has 2 aromatic heterocycles. The molecule has 1 amide bonds. The molecule has 1 aliphatic rings. The van der Waals surface area contributed by atoms with Gasteiger partial charge in [-0.15, -0.1) is 0 Å². The van der Waals surface area contributed by atoms with Gasteiger partial charge in [0.05, 0.1) is 22.8 Å². The summed E-state index contributed by atoms with van der Waals surface area (Å²) in [5.41, 5.74) is 1.17. The molecule has 3 aromatic rings. The van der Waals surface area contributed by atoms with Gasteiger partial charge in [-0.2, -0.15) is 31.8 Å². The minimum Gasteiger partial charge on any atom is -0.305 e. The van der Waals surface area contributed by atoms with E-state index in [2.05, 4.69) is 10.1 Å². The van der Waals surface area contributed by atoms with Crippen molar-refractivity contribution in [1.82, 2.24) is 14.8 Å². The van der Waals surface area contributed by atoms with Crippen molar-refractivity contribution in [2.75, 3.05) is 11.4 Å². The zero-order valence-electron chi connectivity index (χ0n) is 17.7. The highest BCUT2D eigenvalue weighted by Gasteiger charge is 2.36. The van der Waals surface area contributed by atoms with Crippen LogP contribution in [-0.4, -0.2) is 33.0 Å². The number of alkyl halides is 3. The van der Waals surface area contributed by atoms with E-state index in [9.17, 15) is 22.8 Å². The largest absolute Gasteiger partial charge is 0.417 e. The second kappa shape index (κ2) is 9.18. The first-order chi connectivity index (χ1) is 15.1. The van der Waals surface area contributed by atoms with Crippen LogP contribution in [0.5, 0.6) is 0 Å². The van der Waals surface area contributed by atoms with E-state index in [1.807, 2.05) is 6.92 Å². The monoisotopic (exact) mass is 496 g/mol. The number of halogens is 4. The number of pyridine rings is 1. The Balaban J connectivity index is 0.00000306. The zero-order chi connectivity index (χ0) is 23.2. The molecule has 1 atom stereocenters. The summed E-state index contributed by atoms with van der Waals surface area (Å²) >= 11 is 5.85.